The van der Waals surface area contributed by atoms with Gasteiger partial charge < -0.3 is 5.32 Å². The number of carbonyl (C=O) groups excluding carboxylic acids is 2. The lowest BCUT2D eigenvalue weighted by Gasteiger charge is -2.32. The number of pyridine rings is 1. The van der Waals surface area contributed by atoms with E-state index in [0.717, 1.165) is 28.9 Å². The Hall–Kier alpha value is -3.12. The third-order valence-corrected chi connectivity index (χ3v) is 6.91. The van der Waals surface area contributed by atoms with Gasteiger partial charge in [0, 0.05) is 29.3 Å². The number of hydrogen-bond donors (Lipinski definition) is 1. The Balaban J connectivity index is 1.54. The van der Waals surface area contributed by atoms with Gasteiger partial charge in [0.1, 0.15) is 0 Å². The number of carbonyl (C=O) groups is 2. The van der Waals surface area contributed by atoms with Crippen molar-refractivity contribution in [3.8, 4) is 0 Å². The van der Waals surface area contributed by atoms with Gasteiger partial charge in [-0.2, -0.15) is 0 Å². The summed E-state index contributed by atoms with van der Waals surface area (Å²) in [5.74, 6) is -0.217. The van der Waals surface area contributed by atoms with Crippen LogP contribution in [0, 0.1) is 0 Å². The Morgan fingerprint density at radius 1 is 1.00 bits per heavy atom. The fourth-order valence-corrected chi connectivity index (χ4v) is 5.54. The molecule has 0 radical (unpaired) electrons. The average molecular weight is 401 g/mol. The second kappa shape index (κ2) is 6.74. The standard InChI is InChI=1S/C23H19N3O2S/c1-15-21(27)26(23(29-15)19-4-2-3-5-20(19)25-22(23)28)18-8-6-16(7-9-18)14-17-10-12-24-13-11-17/h2-13,15H,14H2,1H3,(H,25,28)/t15-,23-/m0/s1. The molecule has 144 valence electrons. The maximum Gasteiger partial charge on any atom is 0.266 e. The highest BCUT2D eigenvalue weighted by Crippen LogP contribution is 2.55. The van der Waals surface area contributed by atoms with Gasteiger partial charge in [0.25, 0.3) is 5.91 Å². The van der Waals surface area contributed by atoms with Crippen molar-refractivity contribution >= 4 is 35.0 Å². The first-order valence-electron chi connectivity index (χ1n) is 9.50. The van der Waals surface area contributed by atoms with E-state index >= 15 is 0 Å². The fourth-order valence-electron chi connectivity index (χ4n) is 4.06. The van der Waals surface area contributed by atoms with Crippen LogP contribution in [-0.4, -0.2) is 22.0 Å². The molecule has 1 fully saturated rings. The monoisotopic (exact) mass is 401 g/mol. The van der Waals surface area contributed by atoms with E-state index in [-0.39, 0.29) is 17.1 Å². The van der Waals surface area contributed by atoms with E-state index in [1.165, 1.54) is 17.3 Å². The Labute approximate surface area is 173 Å². The van der Waals surface area contributed by atoms with Gasteiger partial charge in [-0.25, -0.2) is 0 Å². The Bertz CT molecular complexity index is 1100. The Morgan fingerprint density at radius 2 is 1.69 bits per heavy atom. The van der Waals surface area contributed by atoms with Crippen LogP contribution in [0.25, 0.3) is 0 Å². The number of para-hydroxylation sites is 1. The van der Waals surface area contributed by atoms with Crippen LogP contribution >= 0.6 is 11.8 Å². The predicted octanol–water partition coefficient (Wildman–Crippen LogP) is 3.95. The highest BCUT2D eigenvalue weighted by Gasteiger charge is 2.60. The van der Waals surface area contributed by atoms with Crippen molar-refractivity contribution in [2.24, 2.45) is 0 Å². The summed E-state index contributed by atoms with van der Waals surface area (Å²) < 4.78 is 0. The van der Waals surface area contributed by atoms with Crippen molar-refractivity contribution in [2.45, 2.75) is 23.5 Å². The van der Waals surface area contributed by atoms with Crippen molar-refractivity contribution in [2.75, 3.05) is 10.2 Å². The van der Waals surface area contributed by atoms with Gasteiger partial charge in [0.05, 0.1) is 5.25 Å². The quantitative estimate of drug-likeness (QED) is 0.722. The summed E-state index contributed by atoms with van der Waals surface area (Å²) in [7, 11) is 0. The molecule has 1 spiro atoms. The van der Waals surface area contributed by atoms with Crippen LogP contribution in [0.15, 0.2) is 73.1 Å². The molecular weight excluding hydrogens is 382 g/mol. The number of fused-ring (bicyclic) bond motifs is 2. The molecule has 2 aromatic carbocycles. The molecule has 2 amide bonds. The minimum absolute atomic E-state index is 0.0521. The topological polar surface area (TPSA) is 62.3 Å². The van der Waals surface area contributed by atoms with E-state index in [2.05, 4.69) is 10.3 Å². The molecule has 2 atom stereocenters. The van der Waals surface area contributed by atoms with Crippen LogP contribution in [-0.2, 0) is 20.9 Å². The highest BCUT2D eigenvalue weighted by atomic mass is 32.2. The van der Waals surface area contributed by atoms with E-state index in [1.807, 2.05) is 67.6 Å². The van der Waals surface area contributed by atoms with E-state index < -0.39 is 4.87 Å². The van der Waals surface area contributed by atoms with E-state index in [1.54, 1.807) is 17.3 Å². The molecule has 0 aliphatic carbocycles. The predicted molar refractivity (Wildman–Crippen MR) is 115 cm³/mol. The molecule has 1 aromatic heterocycles. The molecule has 2 aliphatic heterocycles. The zero-order valence-corrected chi connectivity index (χ0v) is 16.6. The summed E-state index contributed by atoms with van der Waals surface area (Å²) >= 11 is 1.40. The molecule has 1 N–H and O–H groups in total. The summed E-state index contributed by atoms with van der Waals surface area (Å²) in [5, 5.41) is 2.65. The lowest BCUT2D eigenvalue weighted by molar-refractivity contribution is -0.122. The van der Waals surface area contributed by atoms with Gasteiger partial charge in [-0.3, -0.25) is 19.5 Å². The molecular formula is C23H19N3O2S. The van der Waals surface area contributed by atoms with Crippen molar-refractivity contribution in [3.63, 3.8) is 0 Å². The minimum Gasteiger partial charge on any atom is -0.323 e. The number of thioether (sulfide) groups is 1. The van der Waals surface area contributed by atoms with Crippen LogP contribution in [0.3, 0.4) is 0 Å². The largest absolute Gasteiger partial charge is 0.323 e. The summed E-state index contributed by atoms with van der Waals surface area (Å²) in [5.41, 5.74) is 4.66. The van der Waals surface area contributed by atoms with Crippen molar-refractivity contribution in [1.29, 1.82) is 0 Å². The normalized spacial score (nSPS) is 22.8. The Kier molecular flexibility index (Phi) is 4.17. The van der Waals surface area contributed by atoms with Gasteiger partial charge in [0.2, 0.25) is 10.8 Å². The number of aromatic nitrogens is 1. The van der Waals surface area contributed by atoms with E-state index in [4.69, 9.17) is 0 Å². The number of nitrogens with zero attached hydrogens (tertiary/aromatic N) is 2. The van der Waals surface area contributed by atoms with Crippen LogP contribution < -0.4 is 10.2 Å². The van der Waals surface area contributed by atoms with Crippen molar-refractivity contribution in [1.82, 2.24) is 4.98 Å². The number of amides is 2. The zero-order valence-electron chi connectivity index (χ0n) is 15.8. The molecule has 3 heterocycles. The number of nitrogens with one attached hydrogen (secondary N) is 1. The first kappa shape index (κ1) is 17.9. The van der Waals surface area contributed by atoms with Gasteiger partial charge >= 0.3 is 0 Å². The van der Waals surface area contributed by atoms with E-state index in [9.17, 15) is 9.59 Å². The van der Waals surface area contributed by atoms with Gasteiger partial charge in [0.15, 0.2) is 0 Å². The molecule has 0 bridgehead atoms. The third-order valence-electron chi connectivity index (χ3n) is 5.43. The molecule has 0 saturated carbocycles. The molecule has 5 nitrogen and oxygen atoms in total. The number of benzene rings is 2. The summed E-state index contributed by atoms with van der Waals surface area (Å²) in [6.45, 7) is 1.86. The second-order valence-electron chi connectivity index (χ2n) is 7.28. The molecule has 29 heavy (non-hydrogen) atoms. The van der Waals surface area contributed by atoms with Crippen LogP contribution in [0.5, 0.6) is 0 Å². The lowest BCUT2D eigenvalue weighted by atomic mass is 10.0. The lowest BCUT2D eigenvalue weighted by Crippen LogP contribution is -2.47. The SMILES string of the molecule is C[C@@H]1S[C@@]2(C(=O)Nc3ccccc32)N(c2ccc(Cc3ccncc3)cc2)C1=O. The Morgan fingerprint density at radius 3 is 2.45 bits per heavy atom. The highest BCUT2D eigenvalue weighted by molar-refractivity contribution is 8.03. The van der Waals surface area contributed by atoms with Gasteiger partial charge in [-0.05, 0) is 54.8 Å². The van der Waals surface area contributed by atoms with Gasteiger partial charge in [-0.1, -0.05) is 30.3 Å². The van der Waals surface area contributed by atoms with E-state index in [0.29, 0.717) is 0 Å². The van der Waals surface area contributed by atoms with Crippen LogP contribution in [0.2, 0.25) is 0 Å². The fraction of sp³-hybridized carbons (Fsp3) is 0.174. The first-order chi connectivity index (χ1) is 14.1. The van der Waals surface area contributed by atoms with Crippen LogP contribution in [0.4, 0.5) is 11.4 Å². The summed E-state index contributed by atoms with van der Waals surface area (Å²) in [6.07, 6.45) is 4.35. The molecule has 0 unspecified atom stereocenters. The third kappa shape index (κ3) is 2.75. The first-order valence-corrected chi connectivity index (χ1v) is 10.4. The van der Waals surface area contributed by atoms with Crippen molar-refractivity contribution < 1.29 is 9.59 Å². The molecule has 5 rings (SSSR count). The zero-order chi connectivity index (χ0) is 20.0. The molecule has 2 aliphatic rings. The molecule has 1 saturated heterocycles. The summed E-state index contributed by atoms with van der Waals surface area (Å²) in [6, 6.07) is 19.5. The van der Waals surface area contributed by atoms with Crippen LogP contribution in [0.1, 0.15) is 23.6 Å². The maximum absolute atomic E-state index is 13.1. The second-order valence-corrected chi connectivity index (χ2v) is 8.81. The minimum atomic E-state index is -1.06. The number of anilines is 2. The average Bonchev–Trinajstić information content (AvgIpc) is 3.17. The molecule has 3 aromatic rings. The van der Waals surface area contributed by atoms with Crippen molar-refractivity contribution in [3.05, 3.63) is 89.7 Å². The number of rotatable bonds is 3. The molecule has 6 heteroatoms. The van der Waals surface area contributed by atoms with Gasteiger partial charge in [-0.15, -0.1) is 11.8 Å². The number of hydrogen-bond acceptors (Lipinski definition) is 4. The smallest absolute Gasteiger partial charge is 0.266 e. The maximum atomic E-state index is 13.1. The summed E-state index contributed by atoms with van der Waals surface area (Å²) in [4.78, 5) is 30.9.